The molecule has 0 aliphatic heterocycles. The van der Waals surface area contributed by atoms with Crippen molar-refractivity contribution in [1.82, 2.24) is 4.98 Å². The lowest BCUT2D eigenvalue weighted by atomic mass is 10.1. The first-order valence-corrected chi connectivity index (χ1v) is 6.74. The SMILES string of the molecule is O=c1c(NCc2ccc(F)c(F)c2)c(Nc2ccncc2)c1=O. The fourth-order valence-corrected chi connectivity index (χ4v) is 2.10. The van der Waals surface area contributed by atoms with Crippen molar-refractivity contribution in [1.29, 1.82) is 0 Å². The Kier molecular flexibility index (Phi) is 3.84. The highest BCUT2D eigenvalue weighted by Crippen LogP contribution is 2.21. The molecule has 1 aromatic heterocycles. The van der Waals surface area contributed by atoms with Crippen LogP contribution in [0.5, 0.6) is 0 Å². The van der Waals surface area contributed by atoms with Gasteiger partial charge in [0.1, 0.15) is 11.4 Å². The minimum absolute atomic E-state index is 0.0904. The third-order valence-corrected chi connectivity index (χ3v) is 3.31. The maximum atomic E-state index is 13.1. The molecule has 0 unspecified atom stereocenters. The lowest BCUT2D eigenvalue weighted by Gasteiger charge is -2.14. The summed E-state index contributed by atoms with van der Waals surface area (Å²) in [6.07, 6.45) is 3.09. The van der Waals surface area contributed by atoms with Gasteiger partial charge in [0.2, 0.25) is 0 Å². The molecule has 2 N–H and O–H groups in total. The zero-order valence-corrected chi connectivity index (χ0v) is 11.8. The van der Waals surface area contributed by atoms with Crippen LogP contribution in [-0.4, -0.2) is 4.98 Å². The van der Waals surface area contributed by atoms with Gasteiger partial charge in [-0.25, -0.2) is 8.78 Å². The molecule has 5 nitrogen and oxygen atoms in total. The summed E-state index contributed by atoms with van der Waals surface area (Å²) in [6.45, 7) is 0.0904. The summed E-state index contributed by atoms with van der Waals surface area (Å²) in [4.78, 5) is 27.2. The third-order valence-electron chi connectivity index (χ3n) is 3.31. The molecule has 0 radical (unpaired) electrons. The lowest BCUT2D eigenvalue weighted by Crippen LogP contribution is -2.36. The minimum atomic E-state index is -0.968. The predicted octanol–water partition coefficient (Wildman–Crippen LogP) is 2.31. The van der Waals surface area contributed by atoms with E-state index in [1.807, 2.05) is 0 Å². The Morgan fingerprint density at radius 1 is 0.913 bits per heavy atom. The first-order valence-electron chi connectivity index (χ1n) is 6.74. The monoisotopic (exact) mass is 315 g/mol. The van der Waals surface area contributed by atoms with Crippen molar-refractivity contribution < 1.29 is 8.78 Å². The van der Waals surface area contributed by atoms with E-state index in [9.17, 15) is 18.4 Å². The smallest absolute Gasteiger partial charge is 0.253 e. The van der Waals surface area contributed by atoms with E-state index in [1.165, 1.54) is 6.07 Å². The van der Waals surface area contributed by atoms with E-state index in [0.717, 1.165) is 12.1 Å². The van der Waals surface area contributed by atoms with E-state index in [0.29, 0.717) is 11.3 Å². The van der Waals surface area contributed by atoms with Gasteiger partial charge in [0.25, 0.3) is 10.9 Å². The Morgan fingerprint density at radius 2 is 1.61 bits per heavy atom. The van der Waals surface area contributed by atoms with Gasteiger partial charge >= 0.3 is 0 Å². The van der Waals surface area contributed by atoms with Crippen LogP contribution in [0, 0.1) is 11.6 Å². The number of rotatable bonds is 5. The summed E-state index contributed by atoms with van der Waals surface area (Å²) in [6, 6.07) is 6.73. The highest BCUT2D eigenvalue weighted by atomic mass is 19.2. The second-order valence-corrected chi connectivity index (χ2v) is 4.87. The molecule has 0 spiro atoms. The molecule has 0 amide bonds. The van der Waals surface area contributed by atoms with E-state index in [2.05, 4.69) is 15.6 Å². The van der Waals surface area contributed by atoms with Crippen LogP contribution in [0.3, 0.4) is 0 Å². The Bertz CT molecular complexity index is 919. The molecule has 116 valence electrons. The molecule has 0 aliphatic rings. The average molecular weight is 315 g/mol. The summed E-state index contributed by atoms with van der Waals surface area (Å²) in [5, 5.41) is 5.61. The zero-order valence-electron chi connectivity index (χ0n) is 11.8. The Balaban J connectivity index is 1.76. The third kappa shape index (κ3) is 2.94. The van der Waals surface area contributed by atoms with Crippen LogP contribution in [0.1, 0.15) is 5.56 Å². The summed E-state index contributed by atoms with van der Waals surface area (Å²) in [5.74, 6) is -1.91. The van der Waals surface area contributed by atoms with Crippen molar-refractivity contribution in [2.75, 3.05) is 10.6 Å². The van der Waals surface area contributed by atoms with Crippen molar-refractivity contribution in [2.24, 2.45) is 0 Å². The van der Waals surface area contributed by atoms with Crippen LogP contribution in [0.4, 0.5) is 25.8 Å². The molecule has 3 aromatic rings. The zero-order chi connectivity index (χ0) is 16.4. The fraction of sp³-hybridized carbons (Fsp3) is 0.0625. The summed E-state index contributed by atoms with van der Waals surface area (Å²) < 4.78 is 26.0. The summed E-state index contributed by atoms with van der Waals surface area (Å²) >= 11 is 0. The number of pyridine rings is 1. The van der Waals surface area contributed by atoms with E-state index < -0.39 is 22.5 Å². The van der Waals surface area contributed by atoms with E-state index >= 15 is 0 Å². The number of hydrogen-bond acceptors (Lipinski definition) is 5. The molecule has 23 heavy (non-hydrogen) atoms. The van der Waals surface area contributed by atoms with Crippen LogP contribution in [0.15, 0.2) is 52.3 Å². The summed E-state index contributed by atoms with van der Waals surface area (Å²) in [5.41, 5.74) is 0.0499. The van der Waals surface area contributed by atoms with Crippen LogP contribution in [0.25, 0.3) is 0 Å². The van der Waals surface area contributed by atoms with Crippen molar-refractivity contribution in [3.05, 3.63) is 80.4 Å². The first-order chi connectivity index (χ1) is 11.1. The van der Waals surface area contributed by atoms with Crippen molar-refractivity contribution in [2.45, 2.75) is 6.54 Å². The molecular formula is C16H11F2N3O2. The average Bonchev–Trinajstić information content (AvgIpc) is 2.57. The van der Waals surface area contributed by atoms with Crippen molar-refractivity contribution in [3.63, 3.8) is 0 Å². The Hall–Kier alpha value is -3.09. The minimum Gasteiger partial charge on any atom is -0.376 e. The number of aromatic nitrogens is 1. The highest BCUT2D eigenvalue weighted by Gasteiger charge is 2.20. The van der Waals surface area contributed by atoms with E-state index in [-0.39, 0.29) is 17.9 Å². The Labute approximate surface area is 129 Å². The molecule has 7 heteroatoms. The molecule has 3 rings (SSSR count). The summed E-state index contributed by atoms with van der Waals surface area (Å²) in [7, 11) is 0. The number of nitrogens with one attached hydrogen (secondary N) is 2. The van der Waals surface area contributed by atoms with E-state index in [4.69, 9.17) is 0 Å². The van der Waals surface area contributed by atoms with Gasteiger partial charge in [-0.05, 0) is 29.8 Å². The van der Waals surface area contributed by atoms with Crippen LogP contribution >= 0.6 is 0 Å². The number of anilines is 3. The second kappa shape index (κ2) is 5.96. The molecule has 0 fully saturated rings. The Morgan fingerprint density at radius 3 is 2.30 bits per heavy atom. The molecule has 1 heterocycles. The second-order valence-electron chi connectivity index (χ2n) is 4.87. The predicted molar refractivity (Wildman–Crippen MR) is 82.6 cm³/mol. The molecule has 0 bridgehead atoms. The number of benzene rings is 1. The fourth-order valence-electron chi connectivity index (χ4n) is 2.10. The van der Waals surface area contributed by atoms with E-state index in [1.54, 1.807) is 24.5 Å². The first kappa shape index (κ1) is 14.8. The molecule has 0 saturated carbocycles. The quantitative estimate of drug-likeness (QED) is 0.707. The van der Waals surface area contributed by atoms with Gasteiger partial charge in [0.15, 0.2) is 11.6 Å². The number of nitrogens with zero attached hydrogens (tertiary/aromatic N) is 1. The largest absolute Gasteiger partial charge is 0.376 e. The standard InChI is InChI=1S/C16H11F2N3O2/c17-11-2-1-9(7-12(11)18)8-20-13-14(16(23)15(13)22)21-10-3-5-19-6-4-10/h1-7,20H,8H2,(H,19,21). The van der Waals surface area contributed by atoms with Gasteiger partial charge in [-0.15, -0.1) is 0 Å². The van der Waals surface area contributed by atoms with Crippen LogP contribution in [0.2, 0.25) is 0 Å². The van der Waals surface area contributed by atoms with Crippen molar-refractivity contribution >= 4 is 17.1 Å². The van der Waals surface area contributed by atoms with Gasteiger partial charge in [-0.2, -0.15) is 0 Å². The maximum absolute atomic E-state index is 13.1. The topological polar surface area (TPSA) is 71.1 Å². The molecular weight excluding hydrogens is 304 g/mol. The van der Waals surface area contributed by atoms with Gasteiger partial charge < -0.3 is 10.6 Å². The van der Waals surface area contributed by atoms with Gasteiger partial charge in [-0.3, -0.25) is 14.6 Å². The molecule has 0 aliphatic carbocycles. The highest BCUT2D eigenvalue weighted by molar-refractivity contribution is 5.78. The van der Waals surface area contributed by atoms with Gasteiger partial charge in [0, 0.05) is 24.6 Å². The number of halogens is 2. The van der Waals surface area contributed by atoms with Gasteiger partial charge in [-0.1, -0.05) is 6.07 Å². The maximum Gasteiger partial charge on any atom is 0.253 e. The number of hydrogen-bond donors (Lipinski definition) is 2. The van der Waals surface area contributed by atoms with Crippen LogP contribution < -0.4 is 21.5 Å². The normalized spacial score (nSPS) is 10.7. The molecule has 0 saturated heterocycles. The van der Waals surface area contributed by atoms with Crippen molar-refractivity contribution in [3.8, 4) is 0 Å². The lowest BCUT2D eigenvalue weighted by molar-refractivity contribution is 0.507. The molecule has 0 atom stereocenters. The van der Waals surface area contributed by atoms with Gasteiger partial charge in [0.05, 0.1) is 0 Å². The van der Waals surface area contributed by atoms with Crippen LogP contribution in [-0.2, 0) is 6.54 Å². The molecule has 2 aromatic carbocycles.